The summed E-state index contributed by atoms with van der Waals surface area (Å²) >= 11 is 6.03. The number of carbonyl (C=O) groups is 1. The fourth-order valence-corrected chi connectivity index (χ4v) is 7.60. The lowest BCUT2D eigenvalue weighted by atomic mass is 9.46. The lowest BCUT2D eigenvalue weighted by molar-refractivity contribution is -0.124. The molecule has 3 aliphatic carbocycles. The van der Waals surface area contributed by atoms with Gasteiger partial charge in [0.2, 0.25) is 5.91 Å². The number of nitrogens with one attached hydrogen (secondary N) is 1. The topological polar surface area (TPSA) is 38.3 Å². The van der Waals surface area contributed by atoms with Crippen LogP contribution in [0.4, 0.5) is 0 Å². The van der Waals surface area contributed by atoms with Crippen LogP contribution in [0.5, 0.6) is 5.75 Å². The Labute approximate surface area is 179 Å². The predicted molar refractivity (Wildman–Crippen MR) is 116 cm³/mol. The number of hydrogen-bond donors (Lipinski definition) is 1. The molecule has 4 aliphatic rings. The number of carbonyl (C=O) groups excluding carboxylic acids is 1. The molecule has 1 aromatic rings. The van der Waals surface area contributed by atoms with Gasteiger partial charge in [0.1, 0.15) is 5.75 Å². The number of ether oxygens (including phenoxy) is 1. The first kappa shape index (κ1) is 19.5. The zero-order chi connectivity index (χ0) is 20.4. The fourth-order valence-electron chi connectivity index (χ4n) is 7.47. The normalized spacial score (nSPS) is 45.7. The van der Waals surface area contributed by atoms with Crippen molar-refractivity contribution >= 4 is 17.5 Å². The monoisotopic (exact) mass is 413 g/mol. The Bertz CT molecular complexity index is 836. The molecule has 0 aromatic heterocycles. The van der Waals surface area contributed by atoms with Crippen LogP contribution >= 0.6 is 11.6 Å². The third kappa shape index (κ3) is 3.12. The molecule has 0 bridgehead atoms. The molecule has 29 heavy (non-hydrogen) atoms. The van der Waals surface area contributed by atoms with Gasteiger partial charge in [0, 0.05) is 16.5 Å². The molecule has 1 heterocycles. The fraction of sp³-hybridized carbons (Fsp3) is 0.640. The van der Waals surface area contributed by atoms with Gasteiger partial charge >= 0.3 is 0 Å². The van der Waals surface area contributed by atoms with Crippen LogP contribution in [0.15, 0.2) is 36.4 Å². The molecule has 156 valence electrons. The summed E-state index contributed by atoms with van der Waals surface area (Å²) < 4.78 is 6.42. The molecule has 1 amide bonds. The van der Waals surface area contributed by atoms with Crippen molar-refractivity contribution in [2.24, 2.45) is 34.5 Å². The lowest BCUT2D eigenvalue weighted by Gasteiger charge is -2.60. The molecular formula is C25H32ClNO2. The Morgan fingerprint density at radius 3 is 2.66 bits per heavy atom. The Kier molecular flexibility index (Phi) is 4.55. The van der Waals surface area contributed by atoms with Crippen LogP contribution in [-0.2, 0) is 4.79 Å². The van der Waals surface area contributed by atoms with Crippen LogP contribution < -0.4 is 10.1 Å². The Morgan fingerprint density at radius 2 is 1.90 bits per heavy atom. The highest BCUT2D eigenvalue weighted by Gasteiger charge is 2.60. The van der Waals surface area contributed by atoms with Gasteiger partial charge < -0.3 is 10.1 Å². The highest BCUT2D eigenvalue weighted by molar-refractivity contribution is 6.30. The van der Waals surface area contributed by atoms with E-state index < -0.39 is 0 Å². The van der Waals surface area contributed by atoms with Gasteiger partial charge in [0.05, 0.1) is 6.10 Å². The van der Waals surface area contributed by atoms with E-state index in [0.717, 1.165) is 30.0 Å². The Balaban J connectivity index is 1.40. The number of rotatable bonds is 2. The van der Waals surface area contributed by atoms with Gasteiger partial charge in [-0.05, 0) is 91.5 Å². The standard InChI is InChI=1S/C25H32ClNO2/c1-15-12-21-25(3,11-9-22(28)27-21)19-8-10-24(2)14-18(13-20(24)23(15)19)29-17-6-4-16(26)5-7-17/h4-7,9,11,15,18-21,23H,8,10,12-14H2,1-3H3,(H,27,28)/t15-,18-,19-,20-,21+,23+,24+,25+/m0/s1. The smallest absolute Gasteiger partial charge is 0.243 e. The number of fused-ring (bicyclic) bond motifs is 5. The van der Waals surface area contributed by atoms with Crippen LogP contribution in [0.3, 0.4) is 0 Å². The average molecular weight is 414 g/mol. The minimum absolute atomic E-state index is 0.0797. The van der Waals surface area contributed by atoms with Crippen LogP contribution in [0.1, 0.15) is 52.9 Å². The molecular weight excluding hydrogens is 382 g/mol. The van der Waals surface area contributed by atoms with Gasteiger partial charge in [0.25, 0.3) is 0 Å². The summed E-state index contributed by atoms with van der Waals surface area (Å²) in [6.45, 7) is 7.30. The number of hydrogen-bond acceptors (Lipinski definition) is 2. The molecule has 0 unspecified atom stereocenters. The van der Waals surface area contributed by atoms with E-state index in [9.17, 15) is 4.79 Å². The van der Waals surface area contributed by atoms with E-state index in [2.05, 4.69) is 32.2 Å². The largest absolute Gasteiger partial charge is 0.490 e. The zero-order valence-electron chi connectivity index (χ0n) is 17.7. The van der Waals surface area contributed by atoms with Crippen LogP contribution in [-0.4, -0.2) is 18.1 Å². The second-order valence-corrected chi connectivity index (χ2v) is 11.0. The van der Waals surface area contributed by atoms with Gasteiger partial charge in [-0.2, -0.15) is 0 Å². The first-order valence-electron chi connectivity index (χ1n) is 11.2. The number of halogens is 1. The summed E-state index contributed by atoms with van der Waals surface area (Å²) in [7, 11) is 0. The second kappa shape index (κ2) is 6.77. The number of benzene rings is 1. The minimum Gasteiger partial charge on any atom is -0.490 e. The second-order valence-electron chi connectivity index (χ2n) is 10.6. The van der Waals surface area contributed by atoms with Crippen molar-refractivity contribution in [1.29, 1.82) is 0 Å². The van der Waals surface area contributed by atoms with E-state index in [4.69, 9.17) is 16.3 Å². The summed E-state index contributed by atoms with van der Waals surface area (Å²) in [4.78, 5) is 12.0. The van der Waals surface area contributed by atoms with E-state index in [1.165, 1.54) is 12.8 Å². The third-order valence-electron chi connectivity index (χ3n) is 8.90. The summed E-state index contributed by atoms with van der Waals surface area (Å²) in [5.74, 6) is 3.67. The van der Waals surface area contributed by atoms with Crippen molar-refractivity contribution in [1.82, 2.24) is 5.32 Å². The lowest BCUT2D eigenvalue weighted by Crippen LogP contribution is -2.61. The molecule has 5 rings (SSSR count). The molecule has 8 atom stereocenters. The van der Waals surface area contributed by atoms with Gasteiger partial charge in [-0.3, -0.25) is 4.79 Å². The summed E-state index contributed by atoms with van der Waals surface area (Å²) in [6.07, 6.45) is 10.2. The van der Waals surface area contributed by atoms with Gasteiger partial charge in [-0.15, -0.1) is 0 Å². The molecule has 4 heteroatoms. The van der Waals surface area contributed by atoms with Crippen LogP contribution in [0, 0.1) is 34.5 Å². The van der Waals surface area contributed by atoms with Gasteiger partial charge in [0.15, 0.2) is 0 Å². The Hall–Kier alpha value is -1.48. The van der Waals surface area contributed by atoms with Crippen molar-refractivity contribution in [2.45, 2.75) is 65.0 Å². The van der Waals surface area contributed by atoms with Crippen molar-refractivity contribution in [3.05, 3.63) is 41.4 Å². The van der Waals surface area contributed by atoms with E-state index in [0.29, 0.717) is 29.1 Å². The molecule has 0 radical (unpaired) electrons. The summed E-state index contributed by atoms with van der Waals surface area (Å²) in [6, 6.07) is 8.07. The van der Waals surface area contributed by atoms with Crippen molar-refractivity contribution in [3.8, 4) is 5.75 Å². The third-order valence-corrected chi connectivity index (χ3v) is 9.15. The molecule has 1 N–H and O–H groups in total. The SMILES string of the molecule is C[C@H]1C[C@H]2NC(=O)C=C[C@]2(C)[C@H]2CC[C@]3(C)C[C@@H](Oc4ccc(Cl)cc4)C[C@H]3[C@H]12. The zero-order valence-corrected chi connectivity index (χ0v) is 18.4. The molecule has 3 fully saturated rings. The van der Waals surface area contributed by atoms with Gasteiger partial charge in [-0.25, -0.2) is 0 Å². The molecule has 0 spiro atoms. The van der Waals surface area contributed by atoms with E-state index >= 15 is 0 Å². The molecule has 1 aliphatic heterocycles. The quantitative estimate of drug-likeness (QED) is 0.682. The number of amides is 1. The van der Waals surface area contributed by atoms with Crippen LogP contribution in [0.25, 0.3) is 0 Å². The van der Waals surface area contributed by atoms with Crippen molar-refractivity contribution in [3.63, 3.8) is 0 Å². The van der Waals surface area contributed by atoms with Gasteiger partial charge in [-0.1, -0.05) is 38.4 Å². The first-order valence-corrected chi connectivity index (χ1v) is 11.6. The average Bonchev–Trinajstić information content (AvgIpc) is 3.01. The highest BCUT2D eigenvalue weighted by Crippen LogP contribution is 2.64. The van der Waals surface area contributed by atoms with Crippen molar-refractivity contribution in [2.75, 3.05) is 0 Å². The summed E-state index contributed by atoms with van der Waals surface area (Å²) in [5, 5.41) is 4.03. The van der Waals surface area contributed by atoms with Crippen LogP contribution in [0.2, 0.25) is 5.02 Å². The maximum absolute atomic E-state index is 12.0. The molecule has 3 saturated carbocycles. The molecule has 3 nitrogen and oxygen atoms in total. The molecule has 0 saturated heterocycles. The van der Waals surface area contributed by atoms with E-state index in [1.807, 2.05) is 24.3 Å². The summed E-state index contributed by atoms with van der Waals surface area (Å²) in [5.41, 5.74) is 0.443. The van der Waals surface area contributed by atoms with E-state index in [1.54, 1.807) is 6.08 Å². The molecule has 1 aromatic carbocycles. The Morgan fingerprint density at radius 1 is 1.14 bits per heavy atom. The maximum atomic E-state index is 12.0. The highest BCUT2D eigenvalue weighted by atomic mass is 35.5. The van der Waals surface area contributed by atoms with Crippen molar-refractivity contribution < 1.29 is 9.53 Å². The first-order chi connectivity index (χ1) is 13.8. The maximum Gasteiger partial charge on any atom is 0.243 e. The predicted octanol–water partition coefficient (Wildman–Crippen LogP) is 5.63. The minimum atomic E-state index is 0.0797. The van der Waals surface area contributed by atoms with E-state index in [-0.39, 0.29) is 23.5 Å².